The molecule has 1 N–H and O–H groups in total. The molecular formula is C14H24N2O3. The minimum Gasteiger partial charge on any atom is -0.463 e. The molecule has 1 unspecified atom stereocenters. The molecule has 1 aliphatic heterocycles. The Labute approximate surface area is 115 Å². The molecule has 1 atom stereocenters. The molecule has 0 saturated carbocycles. The van der Waals surface area contributed by atoms with Gasteiger partial charge in [-0.25, -0.2) is 4.79 Å². The molecule has 5 nitrogen and oxygen atoms in total. The van der Waals surface area contributed by atoms with Crippen LogP contribution in [0.25, 0.3) is 0 Å². The van der Waals surface area contributed by atoms with E-state index < -0.39 is 0 Å². The van der Waals surface area contributed by atoms with Crippen LogP contribution in [0, 0.1) is 0 Å². The summed E-state index contributed by atoms with van der Waals surface area (Å²) in [6.07, 6.45) is 6.48. The highest BCUT2D eigenvalue weighted by atomic mass is 16.5. The van der Waals surface area contributed by atoms with Gasteiger partial charge < -0.3 is 15.0 Å². The van der Waals surface area contributed by atoms with E-state index in [0.717, 1.165) is 25.9 Å². The quantitative estimate of drug-likeness (QED) is 0.579. The smallest absolute Gasteiger partial charge is 0.330 e. The lowest BCUT2D eigenvalue weighted by atomic mass is 10.1. The SMILES string of the molecule is CCOC(=O)/C=C/CNC(C)C(=O)N1CCCCC1. The predicted octanol–water partition coefficient (Wildman–Crippen LogP) is 1.10. The van der Waals surface area contributed by atoms with Crippen LogP contribution in [0.3, 0.4) is 0 Å². The van der Waals surface area contributed by atoms with Crippen LogP contribution in [0.15, 0.2) is 12.2 Å². The van der Waals surface area contributed by atoms with Gasteiger partial charge in [0.05, 0.1) is 12.6 Å². The van der Waals surface area contributed by atoms with Crippen molar-refractivity contribution in [2.45, 2.75) is 39.2 Å². The zero-order chi connectivity index (χ0) is 14.1. The highest BCUT2D eigenvalue weighted by Crippen LogP contribution is 2.09. The van der Waals surface area contributed by atoms with Crippen molar-refractivity contribution in [3.05, 3.63) is 12.2 Å². The summed E-state index contributed by atoms with van der Waals surface area (Å²) in [4.78, 5) is 25.0. The zero-order valence-electron chi connectivity index (χ0n) is 11.9. The summed E-state index contributed by atoms with van der Waals surface area (Å²) >= 11 is 0. The first-order valence-electron chi connectivity index (χ1n) is 7.00. The highest BCUT2D eigenvalue weighted by Gasteiger charge is 2.21. The van der Waals surface area contributed by atoms with Crippen LogP contribution in [0.5, 0.6) is 0 Å². The fraction of sp³-hybridized carbons (Fsp3) is 0.714. The standard InChI is InChI=1S/C14H24N2O3/c1-3-19-13(17)8-7-9-15-12(2)14(18)16-10-5-4-6-11-16/h7-8,12,15H,3-6,9-11H2,1-2H3/b8-7+. The molecule has 1 amide bonds. The molecule has 1 fully saturated rings. The maximum atomic E-state index is 12.1. The molecule has 0 aromatic rings. The summed E-state index contributed by atoms with van der Waals surface area (Å²) in [5, 5.41) is 3.09. The number of likely N-dealkylation sites (tertiary alicyclic amines) is 1. The van der Waals surface area contributed by atoms with E-state index in [4.69, 9.17) is 4.74 Å². The minimum atomic E-state index is -0.348. The van der Waals surface area contributed by atoms with Gasteiger partial charge in [0.1, 0.15) is 0 Å². The Morgan fingerprint density at radius 1 is 1.32 bits per heavy atom. The fourth-order valence-electron chi connectivity index (χ4n) is 2.07. The first-order chi connectivity index (χ1) is 9.15. The van der Waals surface area contributed by atoms with Gasteiger partial charge in [-0.1, -0.05) is 6.08 Å². The largest absolute Gasteiger partial charge is 0.463 e. The normalized spacial score (nSPS) is 17.5. The van der Waals surface area contributed by atoms with Crippen LogP contribution in [0.2, 0.25) is 0 Å². The third-order valence-corrected chi connectivity index (χ3v) is 3.12. The average Bonchev–Trinajstić information content (AvgIpc) is 2.44. The van der Waals surface area contributed by atoms with Gasteiger partial charge in [-0.2, -0.15) is 0 Å². The van der Waals surface area contributed by atoms with E-state index in [1.165, 1.54) is 12.5 Å². The molecule has 1 saturated heterocycles. The highest BCUT2D eigenvalue weighted by molar-refractivity contribution is 5.82. The second-order valence-electron chi connectivity index (χ2n) is 4.67. The minimum absolute atomic E-state index is 0.143. The monoisotopic (exact) mass is 268 g/mol. The van der Waals surface area contributed by atoms with Crippen LogP contribution in [-0.4, -0.2) is 49.1 Å². The van der Waals surface area contributed by atoms with E-state index in [9.17, 15) is 9.59 Å². The average molecular weight is 268 g/mol. The summed E-state index contributed by atoms with van der Waals surface area (Å²) < 4.78 is 4.76. The third-order valence-electron chi connectivity index (χ3n) is 3.12. The molecule has 108 valence electrons. The second kappa shape index (κ2) is 8.69. The van der Waals surface area contributed by atoms with Crippen molar-refractivity contribution in [2.24, 2.45) is 0 Å². The number of esters is 1. The molecule has 1 heterocycles. The number of nitrogens with one attached hydrogen (secondary N) is 1. The van der Waals surface area contributed by atoms with E-state index in [1.807, 2.05) is 11.8 Å². The molecule has 0 aliphatic carbocycles. The number of amides is 1. The topological polar surface area (TPSA) is 58.6 Å². The number of hydrogen-bond donors (Lipinski definition) is 1. The molecule has 0 aromatic heterocycles. The Bertz CT molecular complexity index is 323. The second-order valence-corrected chi connectivity index (χ2v) is 4.67. The molecule has 1 aliphatic rings. The molecule has 0 spiro atoms. The van der Waals surface area contributed by atoms with Gasteiger partial charge in [0.15, 0.2) is 0 Å². The molecule has 19 heavy (non-hydrogen) atoms. The fourth-order valence-corrected chi connectivity index (χ4v) is 2.07. The summed E-state index contributed by atoms with van der Waals surface area (Å²) in [7, 11) is 0. The summed E-state index contributed by atoms with van der Waals surface area (Å²) in [6, 6.07) is -0.218. The Kier molecular flexibility index (Phi) is 7.18. The molecular weight excluding hydrogens is 244 g/mol. The van der Waals surface area contributed by atoms with Crippen molar-refractivity contribution in [1.29, 1.82) is 0 Å². The van der Waals surface area contributed by atoms with E-state index in [0.29, 0.717) is 13.2 Å². The molecule has 0 bridgehead atoms. The molecule has 5 heteroatoms. The van der Waals surface area contributed by atoms with Crippen molar-refractivity contribution in [3.8, 4) is 0 Å². The van der Waals surface area contributed by atoms with Gasteiger partial charge in [0.25, 0.3) is 0 Å². The summed E-state index contributed by atoms with van der Waals surface area (Å²) in [6.45, 7) is 6.21. The van der Waals surface area contributed by atoms with E-state index in [2.05, 4.69) is 5.32 Å². The zero-order valence-corrected chi connectivity index (χ0v) is 11.9. The maximum Gasteiger partial charge on any atom is 0.330 e. The Morgan fingerprint density at radius 3 is 2.63 bits per heavy atom. The number of nitrogens with zero attached hydrogens (tertiary/aromatic N) is 1. The van der Waals surface area contributed by atoms with Crippen molar-refractivity contribution in [1.82, 2.24) is 10.2 Å². The van der Waals surface area contributed by atoms with Gasteiger partial charge >= 0.3 is 5.97 Å². The molecule has 1 rings (SSSR count). The summed E-state index contributed by atoms with van der Waals surface area (Å²) in [5.74, 6) is -0.205. The van der Waals surface area contributed by atoms with Crippen LogP contribution in [0.1, 0.15) is 33.1 Å². The van der Waals surface area contributed by atoms with Gasteiger partial charge in [0, 0.05) is 25.7 Å². The predicted molar refractivity (Wildman–Crippen MR) is 73.7 cm³/mol. The lowest BCUT2D eigenvalue weighted by molar-refractivity contribution is -0.137. The number of carbonyl (C=O) groups is 2. The number of piperidine rings is 1. The maximum absolute atomic E-state index is 12.1. The van der Waals surface area contributed by atoms with Crippen LogP contribution >= 0.6 is 0 Å². The molecule has 0 radical (unpaired) electrons. The van der Waals surface area contributed by atoms with Crippen molar-refractivity contribution in [2.75, 3.05) is 26.2 Å². The number of ether oxygens (including phenoxy) is 1. The first-order valence-corrected chi connectivity index (χ1v) is 7.00. The number of carbonyl (C=O) groups excluding carboxylic acids is 2. The summed E-state index contributed by atoms with van der Waals surface area (Å²) in [5.41, 5.74) is 0. The van der Waals surface area contributed by atoms with E-state index in [1.54, 1.807) is 13.0 Å². The van der Waals surface area contributed by atoms with Gasteiger partial charge in [0.2, 0.25) is 5.91 Å². The van der Waals surface area contributed by atoms with Crippen LogP contribution < -0.4 is 5.32 Å². The number of hydrogen-bond acceptors (Lipinski definition) is 4. The molecule has 0 aromatic carbocycles. The van der Waals surface area contributed by atoms with E-state index in [-0.39, 0.29) is 17.9 Å². The Hall–Kier alpha value is -1.36. The van der Waals surface area contributed by atoms with Gasteiger partial charge in [-0.05, 0) is 33.1 Å². The van der Waals surface area contributed by atoms with Gasteiger partial charge in [-0.3, -0.25) is 4.79 Å². The Balaban J connectivity index is 2.24. The van der Waals surface area contributed by atoms with Crippen molar-refractivity contribution in [3.63, 3.8) is 0 Å². The van der Waals surface area contributed by atoms with Crippen LogP contribution in [-0.2, 0) is 14.3 Å². The van der Waals surface area contributed by atoms with Crippen LogP contribution in [0.4, 0.5) is 0 Å². The van der Waals surface area contributed by atoms with Crippen molar-refractivity contribution >= 4 is 11.9 Å². The first kappa shape index (κ1) is 15.7. The number of rotatable bonds is 6. The lowest BCUT2D eigenvalue weighted by Crippen LogP contribution is -2.46. The Morgan fingerprint density at radius 2 is 2.00 bits per heavy atom. The third kappa shape index (κ3) is 5.87. The van der Waals surface area contributed by atoms with E-state index >= 15 is 0 Å². The lowest BCUT2D eigenvalue weighted by Gasteiger charge is -2.29. The van der Waals surface area contributed by atoms with Gasteiger partial charge in [-0.15, -0.1) is 0 Å². The van der Waals surface area contributed by atoms with Crippen molar-refractivity contribution < 1.29 is 14.3 Å².